The molecule has 0 bridgehead atoms. The topological polar surface area (TPSA) is 50.2 Å². The molecule has 14 heavy (non-hydrogen) atoms. The smallest absolute Gasteiger partial charge is 0.251 e. The van der Waals surface area contributed by atoms with Crippen molar-refractivity contribution in [2.45, 2.75) is 26.7 Å². The normalized spacial score (nSPS) is 11.4. The second kappa shape index (κ2) is 2.97. The lowest BCUT2D eigenvalue weighted by molar-refractivity contribution is 0.745. The van der Waals surface area contributed by atoms with Gasteiger partial charge in [0.15, 0.2) is 0 Å². The number of hydrogen-bond acceptors (Lipinski definition) is 2. The van der Waals surface area contributed by atoms with Gasteiger partial charge in [0, 0.05) is 11.6 Å². The highest BCUT2D eigenvalue weighted by Crippen LogP contribution is 2.14. The van der Waals surface area contributed by atoms with E-state index in [2.05, 4.69) is 10.1 Å². The lowest BCUT2D eigenvalue weighted by Crippen LogP contribution is -2.13. The molecule has 0 atom stereocenters. The molecule has 74 valence electrons. The van der Waals surface area contributed by atoms with Gasteiger partial charge < -0.3 is 4.98 Å². The Morgan fingerprint density at radius 1 is 1.50 bits per heavy atom. The first-order valence-corrected chi connectivity index (χ1v) is 4.67. The average molecular weight is 191 g/mol. The predicted octanol–water partition coefficient (Wildman–Crippen LogP) is 1.45. The maximum absolute atomic E-state index is 11.4. The van der Waals surface area contributed by atoms with Gasteiger partial charge in [0.25, 0.3) is 5.56 Å². The van der Waals surface area contributed by atoms with Gasteiger partial charge in [0.2, 0.25) is 0 Å². The maximum atomic E-state index is 11.4. The average Bonchev–Trinajstić information content (AvgIpc) is 2.47. The fraction of sp³-hybridized carbons (Fsp3) is 0.400. The Bertz CT molecular complexity index is 522. The molecular weight excluding hydrogens is 178 g/mol. The van der Waals surface area contributed by atoms with E-state index in [1.54, 1.807) is 16.8 Å². The summed E-state index contributed by atoms with van der Waals surface area (Å²) in [6, 6.07) is 1.60. The maximum Gasteiger partial charge on any atom is 0.251 e. The molecule has 0 unspecified atom stereocenters. The highest BCUT2D eigenvalue weighted by Gasteiger charge is 2.09. The molecule has 4 heteroatoms. The van der Waals surface area contributed by atoms with Gasteiger partial charge in [-0.05, 0) is 12.8 Å². The Kier molecular flexibility index (Phi) is 1.91. The van der Waals surface area contributed by atoms with E-state index in [9.17, 15) is 4.79 Å². The molecule has 1 N–H and O–H groups in total. The standard InChI is InChI=1S/C10H13N3O/c1-6(2)8-4-9(14)12-10-7(3)5-11-13(8)10/h4-6H,1-3H3,(H,12,14). The summed E-state index contributed by atoms with van der Waals surface area (Å²) >= 11 is 0. The summed E-state index contributed by atoms with van der Waals surface area (Å²) < 4.78 is 1.79. The Morgan fingerprint density at radius 2 is 2.21 bits per heavy atom. The van der Waals surface area contributed by atoms with Crippen LogP contribution in [0.15, 0.2) is 17.1 Å². The van der Waals surface area contributed by atoms with Crippen LogP contribution in [0.1, 0.15) is 31.0 Å². The number of nitrogens with zero attached hydrogens (tertiary/aromatic N) is 2. The molecule has 0 spiro atoms. The Labute approximate surface area is 81.6 Å². The minimum Gasteiger partial charge on any atom is -0.307 e. The zero-order valence-electron chi connectivity index (χ0n) is 8.53. The summed E-state index contributed by atoms with van der Waals surface area (Å²) in [6.07, 6.45) is 1.76. The quantitative estimate of drug-likeness (QED) is 0.741. The van der Waals surface area contributed by atoms with Crippen LogP contribution < -0.4 is 5.56 Å². The van der Waals surface area contributed by atoms with Crippen molar-refractivity contribution in [2.24, 2.45) is 0 Å². The van der Waals surface area contributed by atoms with Crippen molar-refractivity contribution in [3.63, 3.8) is 0 Å². The number of fused-ring (bicyclic) bond motifs is 1. The predicted molar refractivity (Wildman–Crippen MR) is 54.6 cm³/mol. The summed E-state index contributed by atoms with van der Waals surface area (Å²) in [7, 11) is 0. The molecule has 2 rings (SSSR count). The van der Waals surface area contributed by atoms with Gasteiger partial charge in [-0.15, -0.1) is 0 Å². The van der Waals surface area contributed by atoms with Gasteiger partial charge in [-0.1, -0.05) is 13.8 Å². The summed E-state index contributed by atoms with van der Waals surface area (Å²) in [5, 5.41) is 4.23. The SMILES string of the molecule is Cc1cnn2c(C(C)C)cc(=O)[nH]c12. The summed E-state index contributed by atoms with van der Waals surface area (Å²) in [4.78, 5) is 14.1. The van der Waals surface area contributed by atoms with Crippen molar-refractivity contribution < 1.29 is 0 Å². The number of H-pyrrole nitrogens is 1. The molecule has 0 radical (unpaired) electrons. The van der Waals surface area contributed by atoms with E-state index in [0.29, 0.717) is 5.92 Å². The van der Waals surface area contributed by atoms with Crippen molar-refractivity contribution in [3.05, 3.63) is 33.9 Å². The first kappa shape index (κ1) is 8.99. The van der Waals surface area contributed by atoms with Gasteiger partial charge in [-0.2, -0.15) is 5.10 Å². The first-order valence-electron chi connectivity index (χ1n) is 4.67. The van der Waals surface area contributed by atoms with Crippen LogP contribution in [0, 0.1) is 6.92 Å². The van der Waals surface area contributed by atoms with Crippen molar-refractivity contribution in [1.29, 1.82) is 0 Å². The minimum absolute atomic E-state index is 0.0650. The monoisotopic (exact) mass is 191 g/mol. The van der Waals surface area contributed by atoms with Crippen LogP contribution in [0.4, 0.5) is 0 Å². The highest BCUT2D eigenvalue weighted by atomic mass is 16.1. The summed E-state index contributed by atoms with van der Waals surface area (Å²) in [5.41, 5.74) is 2.66. The van der Waals surface area contributed by atoms with E-state index >= 15 is 0 Å². The Hall–Kier alpha value is -1.58. The van der Waals surface area contributed by atoms with E-state index in [1.807, 2.05) is 20.8 Å². The van der Waals surface area contributed by atoms with E-state index in [1.165, 1.54) is 0 Å². The largest absolute Gasteiger partial charge is 0.307 e. The molecular formula is C10H13N3O. The number of aromatic nitrogens is 3. The number of hydrogen-bond donors (Lipinski definition) is 1. The fourth-order valence-corrected chi connectivity index (χ4v) is 1.54. The van der Waals surface area contributed by atoms with Crippen LogP contribution in [-0.4, -0.2) is 14.6 Å². The van der Waals surface area contributed by atoms with Crippen molar-refractivity contribution in [1.82, 2.24) is 14.6 Å². The number of rotatable bonds is 1. The molecule has 0 amide bonds. The number of aromatic amines is 1. The Balaban J connectivity index is 2.89. The van der Waals surface area contributed by atoms with Crippen LogP contribution in [0.25, 0.3) is 5.65 Å². The summed E-state index contributed by atoms with van der Waals surface area (Å²) in [5.74, 6) is 0.291. The lowest BCUT2D eigenvalue weighted by Gasteiger charge is -2.06. The highest BCUT2D eigenvalue weighted by molar-refractivity contribution is 5.46. The fourth-order valence-electron chi connectivity index (χ4n) is 1.54. The lowest BCUT2D eigenvalue weighted by atomic mass is 10.1. The van der Waals surface area contributed by atoms with Gasteiger partial charge in [0.05, 0.1) is 11.9 Å². The van der Waals surface area contributed by atoms with Crippen LogP contribution in [0.3, 0.4) is 0 Å². The second-order valence-electron chi connectivity index (χ2n) is 3.80. The number of nitrogens with one attached hydrogen (secondary N) is 1. The van der Waals surface area contributed by atoms with E-state index in [4.69, 9.17) is 0 Å². The third-order valence-electron chi connectivity index (χ3n) is 2.31. The van der Waals surface area contributed by atoms with Crippen molar-refractivity contribution >= 4 is 5.65 Å². The Morgan fingerprint density at radius 3 is 2.86 bits per heavy atom. The van der Waals surface area contributed by atoms with Gasteiger partial charge in [0.1, 0.15) is 5.65 Å². The molecule has 2 aromatic rings. The van der Waals surface area contributed by atoms with E-state index in [-0.39, 0.29) is 5.56 Å². The van der Waals surface area contributed by atoms with Crippen LogP contribution in [0.5, 0.6) is 0 Å². The molecule has 0 aliphatic heterocycles. The third-order valence-corrected chi connectivity index (χ3v) is 2.31. The van der Waals surface area contributed by atoms with Gasteiger partial charge in [-0.3, -0.25) is 4.79 Å². The van der Waals surface area contributed by atoms with Crippen molar-refractivity contribution in [3.8, 4) is 0 Å². The zero-order chi connectivity index (χ0) is 10.3. The first-order chi connectivity index (χ1) is 6.59. The minimum atomic E-state index is -0.0650. The summed E-state index contributed by atoms with van der Waals surface area (Å²) in [6.45, 7) is 6.03. The second-order valence-corrected chi connectivity index (χ2v) is 3.80. The van der Waals surface area contributed by atoms with Crippen LogP contribution >= 0.6 is 0 Å². The number of aryl methyl sites for hydroxylation is 1. The van der Waals surface area contributed by atoms with Crippen molar-refractivity contribution in [2.75, 3.05) is 0 Å². The molecule has 0 aromatic carbocycles. The molecule has 2 heterocycles. The molecule has 0 aliphatic rings. The molecule has 4 nitrogen and oxygen atoms in total. The molecule has 0 fully saturated rings. The zero-order valence-corrected chi connectivity index (χ0v) is 8.53. The molecule has 0 aliphatic carbocycles. The van der Waals surface area contributed by atoms with Gasteiger partial charge in [-0.25, -0.2) is 4.52 Å². The molecule has 0 saturated carbocycles. The van der Waals surface area contributed by atoms with Crippen LogP contribution in [0.2, 0.25) is 0 Å². The van der Waals surface area contributed by atoms with E-state index in [0.717, 1.165) is 16.9 Å². The van der Waals surface area contributed by atoms with E-state index < -0.39 is 0 Å². The van der Waals surface area contributed by atoms with Crippen LogP contribution in [-0.2, 0) is 0 Å². The van der Waals surface area contributed by atoms with Gasteiger partial charge >= 0.3 is 0 Å². The molecule has 0 saturated heterocycles. The molecule has 2 aromatic heterocycles. The third kappa shape index (κ3) is 1.23.